The zero-order valence-corrected chi connectivity index (χ0v) is 17.0. The van der Waals surface area contributed by atoms with Crippen molar-refractivity contribution in [3.63, 3.8) is 0 Å². The number of benzene rings is 2. The second-order valence-corrected chi connectivity index (χ2v) is 8.07. The lowest BCUT2D eigenvalue weighted by Crippen LogP contribution is -2.40. The summed E-state index contributed by atoms with van der Waals surface area (Å²) in [6.45, 7) is -0.178. The normalized spacial score (nSPS) is 21.6. The molecule has 2 unspecified atom stereocenters. The lowest BCUT2D eigenvalue weighted by Gasteiger charge is -2.41. The van der Waals surface area contributed by atoms with Crippen molar-refractivity contribution >= 4 is 5.97 Å². The maximum atomic E-state index is 13.3. The molecule has 0 amide bonds. The number of halogens is 3. The Morgan fingerprint density at radius 2 is 1.93 bits per heavy atom. The highest BCUT2D eigenvalue weighted by Gasteiger charge is 2.45. The fraction of sp³-hybridized carbons (Fsp3) is 0.458. The Labute approximate surface area is 174 Å². The van der Waals surface area contributed by atoms with Crippen LogP contribution in [0, 0.1) is 5.92 Å². The number of carbonyl (C=O) groups excluding carboxylic acids is 1. The summed E-state index contributed by atoms with van der Waals surface area (Å²) >= 11 is 0. The van der Waals surface area contributed by atoms with Crippen molar-refractivity contribution in [2.45, 2.75) is 50.1 Å². The van der Waals surface area contributed by atoms with E-state index in [1.165, 1.54) is 7.11 Å². The molecule has 0 bridgehead atoms. The second-order valence-electron chi connectivity index (χ2n) is 8.07. The molecule has 6 heteroatoms. The number of carbonyl (C=O) groups is 1. The number of aryl methyl sites for hydroxylation is 1. The van der Waals surface area contributed by atoms with Crippen molar-refractivity contribution in [3.05, 3.63) is 70.8 Å². The van der Waals surface area contributed by atoms with Gasteiger partial charge in [0.05, 0.1) is 12.7 Å². The van der Waals surface area contributed by atoms with Gasteiger partial charge in [0.15, 0.2) is 0 Å². The third kappa shape index (κ3) is 4.86. The largest absolute Gasteiger partial charge is 0.465 e. The minimum absolute atomic E-state index is 0.110. The van der Waals surface area contributed by atoms with E-state index < -0.39 is 24.0 Å². The molecule has 0 fully saturated rings. The number of ether oxygens (including phenoxy) is 1. The third-order valence-corrected chi connectivity index (χ3v) is 6.28. The van der Waals surface area contributed by atoms with Crippen LogP contribution in [-0.4, -0.2) is 31.0 Å². The summed E-state index contributed by atoms with van der Waals surface area (Å²) in [5, 5.41) is 10.2. The number of aliphatic hydroxyl groups is 1. The third-order valence-electron chi connectivity index (χ3n) is 6.28. The van der Waals surface area contributed by atoms with Crippen LogP contribution >= 0.6 is 0 Å². The molecule has 2 atom stereocenters. The molecule has 0 saturated carbocycles. The molecule has 30 heavy (non-hydrogen) atoms. The van der Waals surface area contributed by atoms with E-state index in [1.807, 2.05) is 30.3 Å². The summed E-state index contributed by atoms with van der Waals surface area (Å²) in [6.07, 6.45) is -2.90. The van der Waals surface area contributed by atoms with E-state index in [-0.39, 0.29) is 18.9 Å². The second kappa shape index (κ2) is 9.21. The lowest BCUT2D eigenvalue weighted by molar-refractivity contribution is -0.140. The molecule has 1 aliphatic carbocycles. The zero-order valence-electron chi connectivity index (χ0n) is 17.0. The van der Waals surface area contributed by atoms with E-state index in [2.05, 4.69) is 0 Å². The summed E-state index contributed by atoms with van der Waals surface area (Å²) in [7, 11) is 1.30. The first-order valence-electron chi connectivity index (χ1n) is 10.2. The number of aliphatic hydroxyl groups excluding tert-OH is 1. The van der Waals surface area contributed by atoms with Crippen LogP contribution in [0.2, 0.25) is 0 Å². The van der Waals surface area contributed by atoms with Gasteiger partial charge in [0.2, 0.25) is 0 Å². The van der Waals surface area contributed by atoms with Gasteiger partial charge in [-0.25, -0.2) is 4.79 Å². The molecule has 0 aromatic heterocycles. The number of hydrogen-bond acceptors (Lipinski definition) is 3. The fourth-order valence-corrected chi connectivity index (χ4v) is 4.82. The molecular formula is C24H27F3O3. The van der Waals surface area contributed by atoms with Gasteiger partial charge in [0, 0.05) is 18.4 Å². The highest BCUT2D eigenvalue weighted by molar-refractivity contribution is 5.89. The number of alkyl halides is 3. The van der Waals surface area contributed by atoms with Crippen molar-refractivity contribution in [2.75, 3.05) is 13.7 Å². The van der Waals surface area contributed by atoms with E-state index in [1.54, 1.807) is 18.2 Å². The molecule has 0 spiro atoms. The van der Waals surface area contributed by atoms with Gasteiger partial charge in [0.25, 0.3) is 0 Å². The quantitative estimate of drug-likeness (QED) is 0.513. The molecular weight excluding hydrogens is 393 g/mol. The van der Waals surface area contributed by atoms with Gasteiger partial charge < -0.3 is 9.84 Å². The highest BCUT2D eigenvalue weighted by Crippen LogP contribution is 2.47. The molecule has 2 aromatic carbocycles. The zero-order chi connectivity index (χ0) is 21.8. The van der Waals surface area contributed by atoms with Crippen molar-refractivity contribution in [1.29, 1.82) is 0 Å². The Balaban J connectivity index is 2.15. The first-order valence-corrected chi connectivity index (χ1v) is 10.2. The number of methoxy groups -OCH3 is 1. The first kappa shape index (κ1) is 22.3. The van der Waals surface area contributed by atoms with Crippen LogP contribution < -0.4 is 0 Å². The Kier molecular flexibility index (Phi) is 6.86. The van der Waals surface area contributed by atoms with Crippen LogP contribution in [0.25, 0.3) is 0 Å². The van der Waals surface area contributed by atoms with Gasteiger partial charge in [-0.15, -0.1) is 0 Å². The Hall–Kier alpha value is -2.34. The average molecular weight is 420 g/mol. The Morgan fingerprint density at radius 1 is 1.20 bits per heavy atom. The molecule has 1 N–H and O–H groups in total. The molecule has 0 heterocycles. The molecule has 0 saturated heterocycles. The topological polar surface area (TPSA) is 46.5 Å². The van der Waals surface area contributed by atoms with Crippen LogP contribution in [-0.2, 0) is 23.0 Å². The number of fused-ring (bicyclic) bond motifs is 1. The molecule has 2 aromatic rings. The molecule has 0 aliphatic heterocycles. The molecule has 1 aliphatic rings. The van der Waals surface area contributed by atoms with Gasteiger partial charge in [-0.05, 0) is 66.8 Å². The van der Waals surface area contributed by atoms with Crippen LogP contribution in [0.15, 0.2) is 48.5 Å². The predicted octanol–water partition coefficient (Wildman–Crippen LogP) is 5.24. The average Bonchev–Trinajstić information content (AvgIpc) is 2.88. The minimum Gasteiger partial charge on any atom is -0.465 e. The van der Waals surface area contributed by atoms with E-state index in [9.17, 15) is 23.1 Å². The van der Waals surface area contributed by atoms with Crippen molar-refractivity contribution in [3.8, 4) is 0 Å². The van der Waals surface area contributed by atoms with E-state index in [4.69, 9.17) is 4.74 Å². The Morgan fingerprint density at radius 3 is 2.57 bits per heavy atom. The number of hydrogen-bond donors (Lipinski definition) is 1. The molecule has 0 radical (unpaired) electrons. The molecule has 3 nitrogen and oxygen atoms in total. The van der Waals surface area contributed by atoms with Gasteiger partial charge in [-0.2, -0.15) is 13.2 Å². The van der Waals surface area contributed by atoms with Crippen molar-refractivity contribution in [1.82, 2.24) is 0 Å². The summed E-state index contributed by atoms with van der Waals surface area (Å²) in [4.78, 5) is 12.0. The highest BCUT2D eigenvalue weighted by atomic mass is 19.4. The van der Waals surface area contributed by atoms with Crippen LogP contribution in [0.3, 0.4) is 0 Å². The van der Waals surface area contributed by atoms with Gasteiger partial charge in [-0.3, -0.25) is 0 Å². The summed E-state index contributed by atoms with van der Waals surface area (Å²) in [5.74, 6) is -0.769. The first-order chi connectivity index (χ1) is 14.3. The molecule has 3 rings (SSSR count). The van der Waals surface area contributed by atoms with Gasteiger partial charge in [-0.1, -0.05) is 36.4 Å². The van der Waals surface area contributed by atoms with E-state index in [0.29, 0.717) is 24.8 Å². The van der Waals surface area contributed by atoms with Gasteiger partial charge in [0.1, 0.15) is 0 Å². The minimum atomic E-state index is -4.29. The summed E-state index contributed by atoms with van der Waals surface area (Å²) in [5.41, 5.74) is 2.13. The van der Waals surface area contributed by atoms with Crippen LogP contribution in [0.4, 0.5) is 13.2 Å². The predicted molar refractivity (Wildman–Crippen MR) is 108 cm³/mol. The number of rotatable bonds is 6. The SMILES string of the molecule is COC(=O)c1ccc2c(c1)CCCC(CO)C2(CCC(F)(F)F)Cc1ccccc1. The van der Waals surface area contributed by atoms with E-state index in [0.717, 1.165) is 23.1 Å². The lowest BCUT2D eigenvalue weighted by atomic mass is 9.63. The Bertz CT molecular complexity index is 864. The standard InChI is InChI=1S/C24H27F3O3/c1-30-22(29)19-10-11-21-18(14-19)8-5-9-20(16-28)23(21,12-13-24(25,26)27)15-17-6-3-2-4-7-17/h2-4,6-7,10-11,14,20,28H,5,8-9,12-13,15-16H2,1H3. The van der Waals surface area contributed by atoms with Crippen LogP contribution in [0.5, 0.6) is 0 Å². The van der Waals surface area contributed by atoms with E-state index >= 15 is 0 Å². The van der Waals surface area contributed by atoms with Crippen LogP contribution in [0.1, 0.15) is 52.7 Å². The monoisotopic (exact) mass is 420 g/mol. The van der Waals surface area contributed by atoms with Gasteiger partial charge >= 0.3 is 12.1 Å². The fourth-order valence-electron chi connectivity index (χ4n) is 4.82. The summed E-state index contributed by atoms with van der Waals surface area (Å²) in [6, 6.07) is 14.6. The maximum Gasteiger partial charge on any atom is 0.389 e. The van der Waals surface area contributed by atoms with Crippen molar-refractivity contribution in [2.24, 2.45) is 5.92 Å². The smallest absolute Gasteiger partial charge is 0.389 e. The van der Waals surface area contributed by atoms with Crippen molar-refractivity contribution < 1.29 is 27.8 Å². The summed E-state index contributed by atoms with van der Waals surface area (Å²) < 4.78 is 44.8. The number of esters is 1. The molecule has 162 valence electrons. The maximum absolute atomic E-state index is 13.3.